The molecule has 1 aliphatic rings. The van der Waals surface area contributed by atoms with Crippen LogP contribution in [0.15, 0.2) is 28.3 Å². The quantitative estimate of drug-likeness (QED) is 0.806. The third kappa shape index (κ3) is 3.14. The molecule has 116 valence electrons. The van der Waals surface area contributed by atoms with E-state index in [2.05, 4.69) is 0 Å². The van der Waals surface area contributed by atoms with Crippen molar-refractivity contribution >= 4 is 34.4 Å². The monoisotopic (exact) mass is 335 g/mol. The van der Waals surface area contributed by atoms with Gasteiger partial charge in [-0.15, -0.1) is 11.3 Å². The summed E-state index contributed by atoms with van der Waals surface area (Å²) in [7, 11) is 0. The lowest BCUT2D eigenvalue weighted by molar-refractivity contribution is -0.00277. The molecule has 0 aromatic carbocycles. The summed E-state index contributed by atoms with van der Waals surface area (Å²) in [5.74, 6) is 0.0800. The van der Waals surface area contributed by atoms with Crippen LogP contribution in [0.5, 0.6) is 0 Å². The van der Waals surface area contributed by atoms with E-state index >= 15 is 0 Å². The number of ether oxygens (including phenoxy) is 1. The largest absolute Gasteiger partial charge is 0.377 e. The van der Waals surface area contributed by atoms with E-state index < -0.39 is 0 Å². The topological polar surface area (TPSA) is 46.6 Å². The first kappa shape index (κ1) is 15.4. The summed E-state index contributed by atoms with van der Waals surface area (Å²) in [6.07, 6.45) is 0.315. The Hall–Kier alpha value is -1.50. The maximum atomic E-state index is 12.7. The molecule has 0 radical (unpaired) electrons. The van der Waals surface area contributed by atoms with Crippen LogP contribution < -0.4 is 0 Å². The van der Waals surface area contributed by atoms with Gasteiger partial charge in [-0.25, -0.2) is 0 Å². The molecule has 2 aromatic heterocycles. The Morgan fingerprint density at radius 3 is 2.95 bits per heavy atom. The van der Waals surface area contributed by atoms with Crippen molar-refractivity contribution in [2.24, 2.45) is 0 Å². The fourth-order valence-electron chi connectivity index (χ4n) is 2.58. The van der Waals surface area contributed by atoms with E-state index in [-0.39, 0.29) is 17.7 Å². The van der Waals surface area contributed by atoms with Crippen LogP contribution in [0.25, 0.3) is 0 Å². The summed E-state index contributed by atoms with van der Waals surface area (Å²) >= 11 is 2.96. The van der Waals surface area contributed by atoms with Gasteiger partial charge < -0.3 is 9.64 Å². The first-order valence-electron chi connectivity index (χ1n) is 7.15. The van der Waals surface area contributed by atoms with Gasteiger partial charge in [0.1, 0.15) is 0 Å². The zero-order chi connectivity index (χ0) is 15.5. The van der Waals surface area contributed by atoms with E-state index in [0.717, 1.165) is 16.0 Å². The van der Waals surface area contributed by atoms with Crippen molar-refractivity contribution in [3.63, 3.8) is 0 Å². The van der Waals surface area contributed by atoms with E-state index in [4.69, 9.17) is 4.74 Å². The molecule has 0 aliphatic carbocycles. The van der Waals surface area contributed by atoms with Crippen LogP contribution in [0.3, 0.4) is 0 Å². The van der Waals surface area contributed by atoms with Gasteiger partial charge in [-0.05, 0) is 29.3 Å². The minimum atomic E-state index is -0.185. The Balaban J connectivity index is 1.75. The number of ketones is 1. The summed E-state index contributed by atoms with van der Waals surface area (Å²) < 4.78 is 5.49. The maximum absolute atomic E-state index is 12.7. The van der Waals surface area contributed by atoms with Gasteiger partial charge in [0.2, 0.25) is 0 Å². The van der Waals surface area contributed by atoms with E-state index in [9.17, 15) is 9.59 Å². The normalized spacial score (nSPS) is 18.4. The van der Waals surface area contributed by atoms with Gasteiger partial charge in [-0.2, -0.15) is 11.3 Å². The molecule has 1 fully saturated rings. The third-order valence-corrected chi connectivity index (χ3v) is 5.56. The van der Waals surface area contributed by atoms with Crippen molar-refractivity contribution in [2.45, 2.75) is 19.4 Å². The van der Waals surface area contributed by atoms with Crippen molar-refractivity contribution in [2.75, 3.05) is 19.8 Å². The number of rotatable bonds is 4. The predicted octanol–water partition coefficient (Wildman–Crippen LogP) is 3.23. The average molecular weight is 335 g/mol. The molecule has 22 heavy (non-hydrogen) atoms. The molecule has 1 aliphatic heterocycles. The van der Waals surface area contributed by atoms with Crippen molar-refractivity contribution in [3.05, 3.63) is 44.3 Å². The standard InChI is InChI=1S/C16H17NO3S2/c1-11-9-21-10-13(11)16(19)17-4-5-20-8-12(17)7-14(18)15-3-2-6-22-15/h2-3,6,9-10,12H,4-5,7-8H2,1H3/t12-/m1/s1. The van der Waals surface area contributed by atoms with E-state index in [0.29, 0.717) is 26.2 Å². The molecular formula is C16H17NO3S2. The number of hydrogen-bond donors (Lipinski definition) is 0. The van der Waals surface area contributed by atoms with Crippen molar-refractivity contribution in [1.29, 1.82) is 0 Å². The van der Waals surface area contributed by atoms with Crippen molar-refractivity contribution < 1.29 is 14.3 Å². The zero-order valence-corrected chi connectivity index (χ0v) is 13.9. The summed E-state index contributed by atoms with van der Waals surface area (Å²) in [5, 5.41) is 5.74. The minimum Gasteiger partial charge on any atom is -0.377 e. The molecule has 0 unspecified atom stereocenters. The molecule has 1 saturated heterocycles. The fraction of sp³-hybridized carbons (Fsp3) is 0.375. The molecule has 0 N–H and O–H groups in total. The number of nitrogens with zero attached hydrogens (tertiary/aromatic N) is 1. The predicted molar refractivity (Wildman–Crippen MR) is 88.0 cm³/mol. The van der Waals surface area contributed by atoms with Gasteiger partial charge in [0.25, 0.3) is 5.91 Å². The molecule has 2 aromatic rings. The lowest BCUT2D eigenvalue weighted by Gasteiger charge is -2.35. The summed E-state index contributed by atoms with van der Waals surface area (Å²) in [6, 6.07) is 3.51. The zero-order valence-electron chi connectivity index (χ0n) is 12.3. The second-order valence-corrected chi connectivity index (χ2v) is 6.99. The number of morpholine rings is 1. The van der Waals surface area contributed by atoms with Crippen molar-refractivity contribution in [1.82, 2.24) is 4.90 Å². The second kappa shape index (κ2) is 6.73. The number of Topliss-reactive ketones (excluding diaryl/α,β-unsaturated/α-hetero) is 1. The molecule has 1 amide bonds. The van der Waals surface area contributed by atoms with Gasteiger partial charge >= 0.3 is 0 Å². The molecule has 3 heterocycles. The van der Waals surface area contributed by atoms with Crippen LogP contribution >= 0.6 is 22.7 Å². The van der Waals surface area contributed by atoms with Crippen LogP contribution in [-0.4, -0.2) is 42.4 Å². The number of carbonyl (C=O) groups is 2. The summed E-state index contributed by atoms with van der Waals surface area (Å²) in [6.45, 7) is 3.43. The van der Waals surface area contributed by atoms with Crippen LogP contribution in [-0.2, 0) is 4.74 Å². The smallest absolute Gasteiger partial charge is 0.255 e. The highest BCUT2D eigenvalue weighted by Gasteiger charge is 2.31. The second-order valence-electron chi connectivity index (χ2n) is 5.30. The fourth-order valence-corrected chi connectivity index (χ4v) is 4.08. The van der Waals surface area contributed by atoms with Crippen LogP contribution in [0.2, 0.25) is 0 Å². The molecule has 0 spiro atoms. The highest BCUT2D eigenvalue weighted by Crippen LogP contribution is 2.22. The van der Waals surface area contributed by atoms with Gasteiger partial charge in [0, 0.05) is 18.3 Å². The molecule has 3 rings (SSSR count). The molecule has 0 saturated carbocycles. The highest BCUT2D eigenvalue weighted by molar-refractivity contribution is 7.12. The minimum absolute atomic E-state index is 0.00558. The SMILES string of the molecule is Cc1cscc1C(=O)N1CCOC[C@H]1CC(=O)c1cccs1. The lowest BCUT2D eigenvalue weighted by atomic mass is 10.1. The number of aryl methyl sites for hydroxylation is 1. The Labute approximate surface area is 137 Å². The average Bonchev–Trinajstić information content (AvgIpc) is 3.18. The number of amides is 1. The lowest BCUT2D eigenvalue weighted by Crippen LogP contribution is -2.49. The number of carbonyl (C=O) groups excluding carboxylic acids is 2. The Morgan fingerprint density at radius 2 is 2.27 bits per heavy atom. The molecule has 0 bridgehead atoms. The van der Waals surface area contributed by atoms with Crippen molar-refractivity contribution in [3.8, 4) is 0 Å². The Bertz CT molecular complexity index is 663. The summed E-state index contributed by atoms with van der Waals surface area (Å²) in [4.78, 5) is 27.6. The molecule has 4 nitrogen and oxygen atoms in total. The van der Waals surface area contributed by atoms with E-state index in [1.165, 1.54) is 22.7 Å². The number of thiophene rings is 2. The van der Waals surface area contributed by atoms with Crippen LogP contribution in [0.1, 0.15) is 32.0 Å². The van der Waals surface area contributed by atoms with Gasteiger partial charge in [0.15, 0.2) is 5.78 Å². The highest BCUT2D eigenvalue weighted by atomic mass is 32.1. The van der Waals surface area contributed by atoms with Crippen LogP contribution in [0, 0.1) is 6.92 Å². The number of hydrogen-bond acceptors (Lipinski definition) is 5. The van der Waals surface area contributed by atoms with E-state index in [1.54, 1.807) is 4.90 Å². The van der Waals surface area contributed by atoms with Crippen LogP contribution in [0.4, 0.5) is 0 Å². The Morgan fingerprint density at radius 1 is 1.41 bits per heavy atom. The third-order valence-electron chi connectivity index (χ3n) is 3.79. The van der Waals surface area contributed by atoms with Gasteiger partial charge in [0.05, 0.1) is 29.7 Å². The molecule has 6 heteroatoms. The molecular weight excluding hydrogens is 318 g/mol. The van der Waals surface area contributed by atoms with Gasteiger partial charge in [-0.3, -0.25) is 9.59 Å². The van der Waals surface area contributed by atoms with Gasteiger partial charge in [-0.1, -0.05) is 6.07 Å². The summed E-state index contributed by atoms with van der Waals surface area (Å²) in [5.41, 5.74) is 1.73. The maximum Gasteiger partial charge on any atom is 0.255 e. The first-order valence-corrected chi connectivity index (χ1v) is 8.97. The first-order chi connectivity index (χ1) is 10.7. The van der Waals surface area contributed by atoms with E-state index in [1.807, 2.05) is 35.2 Å². The molecule has 1 atom stereocenters. The Kier molecular flexibility index (Phi) is 4.71.